The van der Waals surface area contributed by atoms with E-state index < -0.39 is 27.9 Å². The molecule has 1 atom stereocenters. The maximum absolute atomic E-state index is 13.0. The summed E-state index contributed by atoms with van der Waals surface area (Å²) in [6.45, 7) is 0. The molecule has 0 spiro atoms. The van der Waals surface area contributed by atoms with E-state index in [-0.39, 0.29) is 33.7 Å². The predicted molar refractivity (Wildman–Crippen MR) is 95.1 cm³/mol. The number of fused-ring (bicyclic) bond motifs is 1. The number of rotatable bonds is 4. The van der Waals surface area contributed by atoms with Crippen molar-refractivity contribution in [3.05, 3.63) is 30.1 Å². The van der Waals surface area contributed by atoms with Crippen molar-refractivity contribution in [1.82, 2.24) is 14.9 Å². The highest BCUT2D eigenvalue weighted by Crippen LogP contribution is 2.32. The lowest BCUT2D eigenvalue weighted by Gasteiger charge is -2.23. The van der Waals surface area contributed by atoms with Gasteiger partial charge in [0.15, 0.2) is 9.84 Å². The molecule has 1 aromatic heterocycles. The van der Waals surface area contributed by atoms with Gasteiger partial charge in [0.1, 0.15) is 5.03 Å². The molecule has 1 aromatic carbocycles. The van der Waals surface area contributed by atoms with Gasteiger partial charge in [-0.3, -0.25) is 4.79 Å². The van der Waals surface area contributed by atoms with E-state index in [9.17, 15) is 26.4 Å². The smallest absolute Gasteiger partial charge is 0.341 e. The Labute approximate surface area is 158 Å². The molecular formula is C16H16F3N3O3S2. The van der Waals surface area contributed by atoms with Crippen molar-refractivity contribution in [3.63, 3.8) is 0 Å². The summed E-state index contributed by atoms with van der Waals surface area (Å²) in [5.74, 6) is -1.82. The van der Waals surface area contributed by atoms with E-state index in [4.69, 9.17) is 0 Å². The quantitative estimate of drug-likeness (QED) is 0.559. The van der Waals surface area contributed by atoms with Crippen LogP contribution in [0.3, 0.4) is 0 Å². The van der Waals surface area contributed by atoms with Crippen molar-refractivity contribution in [3.8, 4) is 0 Å². The molecule has 146 valence electrons. The summed E-state index contributed by atoms with van der Waals surface area (Å²) in [5.41, 5.74) is 0.144. The van der Waals surface area contributed by atoms with Crippen molar-refractivity contribution in [2.24, 2.45) is 0 Å². The lowest BCUT2D eigenvalue weighted by Crippen LogP contribution is -2.38. The number of alkyl halides is 3. The maximum Gasteiger partial charge on any atom is 0.451 e. The zero-order valence-corrected chi connectivity index (χ0v) is 15.9. The molecular weight excluding hydrogens is 403 g/mol. The summed E-state index contributed by atoms with van der Waals surface area (Å²) in [5, 5.41) is 0.489. The normalized spacial score (nSPS) is 19.3. The molecule has 2 heterocycles. The van der Waals surface area contributed by atoms with E-state index in [0.717, 1.165) is 11.8 Å². The lowest BCUT2D eigenvalue weighted by atomic mass is 10.2. The number of hydrogen-bond acceptors (Lipinski definition) is 6. The van der Waals surface area contributed by atoms with Gasteiger partial charge in [-0.25, -0.2) is 18.4 Å². The number of thioether (sulfide) groups is 1. The summed E-state index contributed by atoms with van der Waals surface area (Å²) in [6.07, 6.45) is -4.33. The van der Waals surface area contributed by atoms with Crippen LogP contribution in [0.2, 0.25) is 0 Å². The molecule has 27 heavy (non-hydrogen) atoms. The molecule has 11 heteroatoms. The Bertz CT molecular complexity index is 980. The summed E-state index contributed by atoms with van der Waals surface area (Å²) in [7, 11) is -1.63. The second-order valence-electron chi connectivity index (χ2n) is 6.22. The van der Waals surface area contributed by atoms with Crippen LogP contribution in [-0.4, -0.2) is 59.5 Å². The molecule has 1 aliphatic heterocycles. The van der Waals surface area contributed by atoms with Gasteiger partial charge in [-0.15, -0.1) is 0 Å². The van der Waals surface area contributed by atoms with Crippen molar-refractivity contribution < 1.29 is 26.4 Å². The topological polar surface area (TPSA) is 80.2 Å². The molecule has 1 fully saturated rings. The van der Waals surface area contributed by atoms with E-state index in [2.05, 4.69) is 9.97 Å². The number of halogens is 3. The van der Waals surface area contributed by atoms with E-state index >= 15 is 0 Å². The Morgan fingerprint density at radius 3 is 2.63 bits per heavy atom. The van der Waals surface area contributed by atoms with Gasteiger partial charge >= 0.3 is 6.18 Å². The van der Waals surface area contributed by atoms with Gasteiger partial charge < -0.3 is 4.90 Å². The van der Waals surface area contributed by atoms with Crippen LogP contribution in [0.1, 0.15) is 12.2 Å². The van der Waals surface area contributed by atoms with Crippen LogP contribution in [0.15, 0.2) is 29.3 Å². The van der Waals surface area contributed by atoms with Crippen LogP contribution in [0.4, 0.5) is 13.2 Å². The number of hydrogen-bond donors (Lipinski definition) is 0. The molecule has 2 aromatic rings. The first-order chi connectivity index (χ1) is 12.6. The van der Waals surface area contributed by atoms with Gasteiger partial charge in [0, 0.05) is 18.5 Å². The molecule has 0 saturated carbocycles. The highest BCUT2D eigenvalue weighted by Gasteiger charge is 2.36. The molecule has 0 N–H and O–H groups in total. The third kappa shape index (κ3) is 4.52. The monoisotopic (exact) mass is 419 g/mol. The SMILES string of the molecule is CN(C(=O)CSc1nc(C(F)(F)F)nc2ccccc12)C1CCS(=O)(=O)C1. The standard InChI is InChI=1S/C16H16F3N3O3S2/c1-22(10-6-7-27(24,25)9-10)13(23)8-26-14-11-4-2-3-5-12(11)20-15(21-14)16(17,18)19/h2-5,10H,6-9H2,1H3. The van der Waals surface area contributed by atoms with E-state index in [1.807, 2.05) is 0 Å². The zero-order chi connectivity index (χ0) is 19.8. The Morgan fingerprint density at radius 1 is 1.30 bits per heavy atom. The molecule has 1 aliphatic rings. The van der Waals surface area contributed by atoms with Crippen LogP contribution in [0.25, 0.3) is 10.9 Å². The number of sulfone groups is 1. The average molecular weight is 419 g/mol. The Hall–Kier alpha value is -1.88. The van der Waals surface area contributed by atoms with Crippen molar-refractivity contribution in [1.29, 1.82) is 0 Å². The minimum Gasteiger partial charge on any atom is -0.341 e. The van der Waals surface area contributed by atoms with E-state index in [1.165, 1.54) is 18.0 Å². The van der Waals surface area contributed by atoms with Crippen molar-refractivity contribution in [2.45, 2.75) is 23.7 Å². The third-order valence-corrected chi connectivity index (χ3v) is 7.03. The van der Waals surface area contributed by atoms with Crippen molar-refractivity contribution >= 4 is 38.4 Å². The largest absolute Gasteiger partial charge is 0.451 e. The third-order valence-electron chi connectivity index (χ3n) is 4.30. The highest BCUT2D eigenvalue weighted by molar-refractivity contribution is 8.00. The summed E-state index contributed by atoms with van der Waals surface area (Å²) in [6, 6.07) is 5.86. The van der Waals surface area contributed by atoms with Gasteiger partial charge in [-0.2, -0.15) is 13.2 Å². The molecule has 0 radical (unpaired) electrons. The minimum atomic E-state index is -4.70. The number of carbonyl (C=O) groups excluding carboxylic acids is 1. The second kappa shape index (κ2) is 7.27. The zero-order valence-electron chi connectivity index (χ0n) is 14.2. The van der Waals surface area contributed by atoms with Crippen molar-refractivity contribution in [2.75, 3.05) is 24.3 Å². The summed E-state index contributed by atoms with van der Waals surface area (Å²) in [4.78, 5) is 20.9. The number of para-hydroxylation sites is 1. The van der Waals surface area contributed by atoms with Crippen LogP contribution in [-0.2, 0) is 20.8 Å². The average Bonchev–Trinajstić information content (AvgIpc) is 2.97. The van der Waals surface area contributed by atoms with Gasteiger partial charge in [0.2, 0.25) is 11.7 Å². The predicted octanol–water partition coefficient (Wildman–Crippen LogP) is 2.39. The van der Waals surface area contributed by atoms with Gasteiger partial charge in [0.25, 0.3) is 0 Å². The Morgan fingerprint density at radius 2 is 2.00 bits per heavy atom. The lowest BCUT2D eigenvalue weighted by molar-refractivity contribution is -0.145. The van der Waals surface area contributed by atoms with Crippen LogP contribution < -0.4 is 0 Å². The molecule has 1 unspecified atom stereocenters. The minimum absolute atomic E-state index is 0.0356. The first-order valence-corrected chi connectivity index (χ1v) is 10.8. The second-order valence-corrected chi connectivity index (χ2v) is 9.41. The van der Waals surface area contributed by atoms with Gasteiger partial charge in [-0.1, -0.05) is 30.0 Å². The molecule has 1 amide bonds. The number of carbonyl (C=O) groups is 1. The van der Waals surface area contributed by atoms with Crippen LogP contribution in [0.5, 0.6) is 0 Å². The number of benzene rings is 1. The fourth-order valence-electron chi connectivity index (χ4n) is 2.80. The molecule has 1 saturated heterocycles. The first kappa shape index (κ1) is 19.9. The fraction of sp³-hybridized carbons (Fsp3) is 0.438. The number of nitrogens with zero attached hydrogens (tertiary/aromatic N) is 3. The van der Waals surface area contributed by atoms with Crippen LogP contribution in [0, 0.1) is 0 Å². The van der Waals surface area contributed by atoms with E-state index in [0.29, 0.717) is 11.8 Å². The Balaban J connectivity index is 1.79. The number of amides is 1. The number of aromatic nitrogens is 2. The summed E-state index contributed by atoms with van der Waals surface area (Å²) < 4.78 is 62.2. The summed E-state index contributed by atoms with van der Waals surface area (Å²) >= 11 is 0.884. The first-order valence-electron chi connectivity index (χ1n) is 8.00. The Kier molecular flexibility index (Phi) is 5.35. The van der Waals surface area contributed by atoms with Gasteiger partial charge in [0.05, 0.1) is 22.8 Å². The molecule has 6 nitrogen and oxygen atoms in total. The van der Waals surface area contributed by atoms with Crippen LogP contribution >= 0.6 is 11.8 Å². The maximum atomic E-state index is 13.0. The molecule has 0 bridgehead atoms. The molecule has 0 aliphatic carbocycles. The van der Waals surface area contributed by atoms with Gasteiger partial charge in [-0.05, 0) is 12.5 Å². The molecule has 3 rings (SSSR count). The van der Waals surface area contributed by atoms with E-state index in [1.54, 1.807) is 18.2 Å². The highest BCUT2D eigenvalue weighted by atomic mass is 32.2. The fourth-order valence-corrected chi connectivity index (χ4v) is 5.52.